The average Bonchev–Trinajstić information content (AvgIpc) is 2.79. The lowest BCUT2D eigenvalue weighted by atomic mass is 9.93. The van der Waals surface area contributed by atoms with Crippen molar-refractivity contribution in [3.8, 4) is 0 Å². The number of amides is 1. The van der Waals surface area contributed by atoms with E-state index < -0.39 is 23.0 Å². The van der Waals surface area contributed by atoms with E-state index in [9.17, 15) is 24.3 Å². The van der Waals surface area contributed by atoms with Crippen molar-refractivity contribution >= 4 is 34.8 Å². The van der Waals surface area contributed by atoms with Crippen LogP contribution in [0.4, 0.5) is 5.95 Å². The number of hydrogen-bond donors (Lipinski definition) is 4. The molecule has 1 amide bonds. The van der Waals surface area contributed by atoms with Gasteiger partial charge in [-0.3, -0.25) is 24.2 Å². The molecule has 11 nitrogen and oxygen atoms in total. The molecule has 0 aliphatic heterocycles. The van der Waals surface area contributed by atoms with Gasteiger partial charge in [-0.2, -0.15) is 4.98 Å². The van der Waals surface area contributed by atoms with Crippen LogP contribution in [-0.4, -0.2) is 48.2 Å². The van der Waals surface area contributed by atoms with Crippen molar-refractivity contribution in [1.82, 2.24) is 25.3 Å². The van der Waals surface area contributed by atoms with E-state index in [1.807, 2.05) is 20.8 Å². The molecule has 0 bridgehead atoms. The van der Waals surface area contributed by atoms with Crippen LogP contribution in [0.25, 0.3) is 11.2 Å². The Morgan fingerprint density at radius 1 is 1.11 bits per heavy atom. The number of carboxylic acids is 1. The van der Waals surface area contributed by atoms with Crippen molar-refractivity contribution in [3.05, 3.63) is 57.6 Å². The number of benzene rings is 1. The summed E-state index contributed by atoms with van der Waals surface area (Å²) in [5, 5.41) is 12.3. The third-order valence-corrected chi connectivity index (χ3v) is 5.45. The lowest BCUT2D eigenvalue weighted by Gasteiger charge is -2.21. The number of nitrogen functional groups attached to an aromatic ring is 1. The number of carbonyl (C=O) groups is 3. The zero-order chi connectivity index (χ0) is 26.5. The van der Waals surface area contributed by atoms with E-state index in [1.165, 1.54) is 0 Å². The predicted molar refractivity (Wildman–Crippen MR) is 133 cm³/mol. The van der Waals surface area contributed by atoms with E-state index in [4.69, 9.17) is 5.73 Å². The molecule has 0 fully saturated rings. The number of nitrogens with one attached hydrogen (secondary N) is 2. The maximum absolute atomic E-state index is 12.7. The molecule has 1 unspecified atom stereocenters. The number of aryl methyl sites for hydroxylation is 2. The number of carboxylic acid groups (broad SMARTS) is 1. The van der Waals surface area contributed by atoms with Crippen LogP contribution in [0.1, 0.15) is 61.6 Å². The highest BCUT2D eigenvalue weighted by Crippen LogP contribution is 2.18. The molecule has 3 aromatic rings. The molecule has 0 saturated heterocycles. The summed E-state index contributed by atoms with van der Waals surface area (Å²) in [6.07, 6.45) is 2.58. The summed E-state index contributed by atoms with van der Waals surface area (Å²) >= 11 is 0. The quantitative estimate of drug-likeness (QED) is 0.307. The van der Waals surface area contributed by atoms with Crippen molar-refractivity contribution in [2.45, 2.75) is 58.4 Å². The minimum atomic E-state index is -1.10. The number of aromatic nitrogens is 4. The van der Waals surface area contributed by atoms with E-state index in [0.717, 1.165) is 5.56 Å². The molecule has 3 rings (SSSR count). The molecule has 2 heterocycles. The number of Topliss-reactive ketones (excluding diaryl/α,β-unsaturated/α-hetero) is 1. The second-order valence-corrected chi connectivity index (χ2v) is 9.68. The van der Waals surface area contributed by atoms with Gasteiger partial charge in [0.15, 0.2) is 16.9 Å². The van der Waals surface area contributed by atoms with E-state index in [1.54, 1.807) is 30.5 Å². The zero-order valence-corrected chi connectivity index (χ0v) is 20.5. The topological polar surface area (TPSA) is 181 Å². The van der Waals surface area contributed by atoms with Crippen LogP contribution in [0, 0.1) is 5.92 Å². The maximum atomic E-state index is 12.7. The van der Waals surface area contributed by atoms with Gasteiger partial charge in [0.05, 0.1) is 17.8 Å². The molecule has 1 aromatic carbocycles. The van der Waals surface area contributed by atoms with Gasteiger partial charge in [-0.15, -0.1) is 0 Å². The number of nitrogens with two attached hydrogens (primary N) is 1. The molecule has 11 heteroatoms. The molecule has 0 aliphatic carbocycles. The van der Waals surface area contributed by atoms with Gasteiger partial charge < -0.3 is 16.2 Å². The lowest BCUT2D eigenvalue weighted by Crippen LogP contribution is -2.40. The molecular weight excluding hydrogens is 464 g/mol. The fourth-order valence-electron chi connectivity index (χ4n) is 3.66. The normalized spacial score (nSPS) is 12.3. The average molecular weight is 495 g/mol. The first kappa shape index (κ1) is 26.5. The van der Waals surface area contributed by atoms with Crippen LogP contribution in [0.3, 0.4) is 0 Å². The Bertz CT molecular complexity index is 1330. The summed E-state index contributed by atoms with van der Waals surface area (Å²) in [4.78, 5) is 63.1. The molecule has 1 atom stereocenters. The van der Waals surface area contributed by atoms with E-state index in [-0.39, 0.29) is 48.1 Å². The van der Waals surface area contributed by atoms with Gasteiger partial charge in [0.25, 0.3) is 5.56 Å². The molecule has 0 saturated carbocycles. The van der Waals surface area contributed by atoms with Crippen molar-refractivity contribution < 1.29 is 19.5 Å². The third-order valence-electron chi connectivity index (χ3n) is 5.45. The van der Waals surface area contributed by atoms with E-state index in [0.29, 0.717) is 24.1 Å². The van der Waals surface area contributed by atoms with Crippen LogP contribution >= 0.6 is 0 Å². The molecule has 0 radical (unpaired) electrons. The first-order valence-electron chi connectivity index (χ1n) is 11.6. The second kappa shape index (κ2) is 11.1. The molecular formula is C25H30N6O5. The Kier molecular flexibility index (Phi) is 8.13. The maximum Gasteiger partial charge on any atom is 0.306 e. The SMILES string of the molecule is CC(C)(C)NC(=O)CCC(CC(=O)c1ccc(CCc2cnc3nc(N)[nH]c(=O)c3n2)cc1)C(=O)O. The minimum absolute atomic E-state index is 0.0232. The zero-order valence-electron chi connectivity index (χ0n) is 20.5. The number of H-pyrrole nitrogens is 1. The predicted octanol–water partition coefficient (Wildman–Crippen LogP) is 2.05. The van der Waals surface area contributed by atoms with Gasteiger partial charge in [-0.25, -0.2) is 9.97 Å². The van der Waals surface area contributed by atoms with Crippen molar-refractivity contribution in [2.24, 2.45) is 5.92 Å². The first-order chi connectivity index (χ1) is 16.9. The van der Waals surface area contributed by atoms with Gasteiger partial charge in [0.1, 0.15) is 0 Å². The molecule has 190 valence electrons. The Balaban J connectivity index is 1.57. The van der Waals surface area contributed by atoms with Gasteiger partial charge in [-0.1, -0.05) is 24.3 Å². The highest BCUT2D eigenvalue weighted by atomic mass is 16.4. The Hall–Kier alpha value is -4.15. The van der Waals surface area contributed by atoms with Gasteiger partial charge in [0, 0.05) is 23.9 Å². The number of carbonyl (C=O) groups excluding carboxylic acids is 2. The van der Waals surface area contributed by atoms with E-state index in [2.05, 4.69) is 25.3 Å². The molecule has 0 aliphatic rings. The summed E-state index contributed by atoms with van der Waals surface area (Å²) in [6, 6.07) is 6.91. The number of anilines is 1. The summed E-state index contributed by atoms with van der Waals surface area (Å²) in [5.74, 6) is -2.60. The lowest BCUT2D eigenvalue weighted by molar-refractivity contribution is -0.142. The highest BCUT2D eigenvalue weighted by Gasteiger charge is 2.24. The first-order valence-corrected chi connectivity index (χ1v) is 11.6. The largest absolute Gasteiger partial charge is 0.481 e. The number of rotatable bonds is 10. The van der Waals surface area contributed by atoms with Gasteiger partial charge >= 0.3 is 5.97 Å². The molecule has 5 N–H and O–H groups in total. The van der Waals surface area contributed by atoms with Crippen LogP contribution in [0.2, 0.25) is 0 Å². The summed E-state index contributed by atoms with van der Waals surface area (Å²) in [7, 11) is 0. The summed E-state index contributed by atoms with van der Waals surface area (Å²) < 4.78 is 0. The Morgan fingerprint density at radius 2 is 1.81 bits per heavy atom. The molecule has 36 heavy (non-hydrogen) atoms. The number of ketones is 1. The Labute approximate surface area is 207 Å². The monoisotopic (exact) mass is 494 g/mol. The number of fused-ring (bicyclic) bond motifs is 1. The Morgan fingerprint density at radius 3 is 2.44 bits per heavy atom. The number of aliphatic carboxylic acids is 1. The summed E-state index contributed by atoms with van der Waals surface area (Å²) in [5.41, 5.74) is 6.91. The number of hydrogen-bond acceptors (Lipinski definition) is 8. The fourth-order valence-corrected chi connectivity index (χ4v) is 3.66. The smallest absolute Gasteiger partial charge is 0.306 e. The standard InChI is InChI=1S/C25H30N6O5/c1-25(2,3)31-19(33)11-9-16(23(35)36)12-18(32)15-7-4-14(5-8-15)6-10-17-13-27-21-20(28-17)22(34)30-24(26)29-21/h4-5,7-8,13,16H,6,9-12H2,1-3H3,(H,31,33)(H,35,36)(H3,26,27,29,30,34). The summed E-state index contributed by atoms with van der Waals surface area (Å²) in [6.45, 7) is 5.53. The van der Waals surface area contributed by atoms with Crippen LogP contribution < -0.4 is 16.6 Å². The van der Waals surface area contributed by atoms with Crippen molar-refractivity contribution in [3.63, 3.8) is 0 Å². The molecule has 0 spiro atoms. The third kappa shape index (κ3) is 7.42. The van der Waals surface area contributed by atoms with E-state index >= 15 is 0 Å². The van der Waals surface area contributed by atoms with Crippen molar-refractivity contribution in [2.75, 3.05) is 5.73 Å². The fraction of sp³-hybridized carbons (Fsp3) is 0.400. The minimum Gasteiger partial charge on any atom is -0.481 e. The number of aromatic amines is 1. The van der Waals surface area contributed by atoms with Crippen LogP contribution in [0.5, 0.6) is 0 Å². The highest BCUT2D eigenvalue weighted by molar-refractivity contribution is 5.98. The van der Waals surface area contributed by atoms with Crippen molar-refractivity contribution in [1.29, 1.82) is 0 Å². The number of nitrogens with zero attached hydrogens (tertiary/aromatic N) is 3. The van der Waals surface area contributed by atoms with Gasteiger partial charge in [-0.05, 0) is 45.6 Å². The van der Waals surface area contributed by atoms with Crippen LogP contribution in [0.15, 0.2) is 35.3 Å². The molecule has 2 aromatic heterocycles. The van der Waals surface area contributed by atoms with Crippen LogP contribution in [-0.2, 0) is 22.4 Å². The van der Waals surface area contributed by atoms with Gasteiger partial charge in [0.2, 0.25) is 11.9 Å². The second-order valence-electron chi connectivity index (χ2n) is 9.68.